The lowest BCUT2D eigenvalue weighted by Crippen LogP contribution is -2.16. The Kier molecular flexibility index (Phi) is 6.10. The number of nitrogens with two attached hydrogens (primary N) is 1. The normalized spacial score (nSPS) is 11.0. The van der Waals surface area contributed by atoms with Crippen LogP contribution in [0.1, 0.15) is 4.88 Å². The number of halogens is 1. The minimum atomic E-state index is -0.203. The highest BCUT2D eigenvalue weighted by Crippen LogP contribution is 2.18. The van der Waals surface area contributed by atoms with Gasteiger partial charge in [-0.3, -0.25) is 4.79 Å². The maximum absolute atomic E-state index is 12.0. The number of hydrogen-bond donors (Lipinski definition) is 3. The van der Waals surface area contributed by atoms with Gasteiger partial charge in [0.25, 0.3) is 5.95 Å². The van der Waals surface area contributed by atoms with Crippen LogP contribution in [-0.4, -0.2) is 32.7 Å². The monoisotopic (exact) mass is 407 g/mol. The average Bonchev–Trinajstić information content (AvgIpc) is 3.24. The first-order chi connectivity index (χ1) is 12.6. The van der Waals surface area contributed by atoms with E-state index in [4.69, 9.17) is 17.4 Å². The fraction of sp³-hybridized carbons (Fsp3) is 0.0667. The van der Waals surface area contributed by atoms with Crippen LogP contribution in [0.3, 0.4) is 0 Å². The summed E-state index contributed by atoms with van der Waals surface area (Å²) in [4.78, 5) is 13.0. The first-order valence-electron chi connectivity index (χ1n) is 7.33. The molecule has 0 aliphatic rings. The Morgan fingerprint density at radius 3 is 3.04 bits per heavy atom. The van der Waals surface area contributed by atoms with Crippen molar-refractivity contribution in [3.05, 3.63) is 51.7 Å². The molecular formula is C15H14ClN7OS2. The fourth-order valence-electron chi connectivity index (χ4n) is 1.86. The molecule has 1 aromatic carbocycles. The van der Waals surface area contributed by atoms with Crippen molar-refractivity contribution in [2.75, 3.05) is 22.3 Å². The third-order valence-electron chi connectivity index (χ3n) is 3.00. The molecule has 1 amide bonds. The van der Waals surface area contributed by atoms with Gasteiger partial charge in [0.1, 0.15) is 0 Å². The zero-order valence-electron chi connectivity index (χ0n) is 13.3. The fourth-order valence-corrected chi connectivity index (χ4v) is 3.30. The van der Waals surface area contributed by atoms with Crippen molar-refractivity contribution in [3.8, 4) is 0 Å². The molecule has 0 atom stereocenters. The smallest absolute Gasteiger partial charge is 0.264 e. The van der Waals surface area contributed by atoms with Crippen LogP contribution in [0.25, 0.3) is 0 Å². The van der Waals surface area contributed by atoms with E-state index in [9.17, 15) is 4.79 Å². The molecule has 3 aromatic rings. The van der Waals surface area contributed by atoms with Crippen LogP contribution in [0, 0.1) is 0 Å². The van der Waals surface area contributed by atoms with E-state index in [-0.39, 0.29) is 17.6 Å². The first-order valence-corrected chi connectivity index (χ1v) is 9.57. The standard InChI is InChI=1S/C15H14ClN7OS2/c16-10-3-1-4-11(7-10)19-13(24)9-26-15-22-21-14(23(15)17)20-18-8-12-5-2-6-25-12/h1-8H,9,17H2,(H,19,24)(H,20,21)/b18-8+. The molecule has 134 valence electrons. The molecule has 2 aromatic heterocycles. The Bertz CT molecular complexity index is 911. The van der Waals surface area contributed by atoms with Gasteiger partial charge in [-0.25, -0.2) is 10.1 Å². The van der Waals surface area contributed by atoms with Gasteiger partial charge < -0.3 is 11.2 Å². The molecule has 11 heteroatoms. The molecule has 0 unspecified atom stereocenters. The minimum Gasteiger partial charge on any atom is -0.334 e. The van der Waals surface area contributed by atoms with Crippen molar-refractivity contribution in [2.24, 2.45) is 5.10 Å². The van der Waals surface area contributed by atoms with Crippen LogP contribution in [0.4, 0.5) is 11.6 Å². The summed E-state index contributed by atoms with van der Waals surface area (Å²) in [5.41, 5.74) is 3.34. The van der Waals surface area contributed by atoms with E-state index in [1.54, 1.807) is 41.8 Å². The van der Waals surface area contributed by atoms with Gasteiger partial charge in [0.2, 0.25) is 11.1 Å². The molecule has 0 bridgehead atoms. The number of aromatic nitrogens is 3. The molecule has 0 spiro atoms. The number of rotatable bonds is 7. The summed E-state index contributed by atoms with van der Waals surface area (Å²) < 4.78 is 1.24. The van der Waals surface area contributed by atoms with Crippen molar-refractivity contribution in [3.63, 3.8) is 0 Å². The van der Waals surface area contributed by atoms with Crippen molar-refractivity contribution in [2.45, 2.75) is 5.16 Å². The molecule has 0 aliphatic carbocycles. The van der Waals surface area contributed by atoms with Gasteiger partial charge in [0, 0.05) is 15.6 Å². The topological polar surface area (TPSA) is 110 Å². The zero-order valence-corrected chi connectivity index (χ0v) is 15.7. The molecule has 2 heterocycles. The number of nitrogen functional groups attached to an aromatic ring is 1. The highest BCUT2D eigenvalue weighted by Gasteiger charge is 2.12. The number of hydrazone groups is 1. The van der Waals surface area contributed by atoms with Crippen molar-refractivity contribution in [1.82, 2.24) is 14.9 Å². The molecule has 3 rings (SSSR count). The van der Waals surface area contributed by atoms with E-state index in [1.165, 1.54) is 4.68 Å². The summed E-state index contributed by atoms with van der Waals surface area (Å²) in [5.74, 6) is 6.11. The highest BCUT2D eigenvalue weighted by molar-refractivity contribution is 7.99. The predicted molar refractivity (Wildman–Crippen MR) is 107 cm³/mol. The Labute approximate surface area is 162 Å². The molecule has 0 fully saturated rings. The number of nitrogens with zero attached hydrogens (tertiary/aromatic N) is 4. The second-order valence-corrected chi connectivity index (χ2v) is 7.27. The van der Waals surface area contributed by atoms with Gasteiger partial charge in [-0.2, -0.15) is 5.10 Å². The summed E-state index contributed by atoms with van der Waals surface area (Å²) in [6.45, 7) is 0. The number of carbonyl (C=O) groups excluding carboxylic acids is 1. The van der Waals surface area contributed by atoms with E-state index >= 15 is 0 Å². The largest absolute Gasteiger partial charge is 0.334 e. The Hall–Kier alpha value is -2.56. The van der Waals surface area contributed by atoms with Gasteiger partial charge in [-0.1, -0.05) is 35.5 Å². The quantitative estimate of drug-likeness (QED) is 0.240. The average molecular weight is 408 g/mol. The SMILES string of the molecule is Nn1c(N/N=C/c2cccs2)nnc1SCC(=O)Nc1cccc(Cl)c1. The molecule has 0 radical (unpaired) electrons. The lowest BCUT2D eigenvalue weighted by molar-refractivity contribution is -0.113. The second kappa shape index (κ2) is 8.70. The summed E-state index contributed by atoms with van der Waals surface area (Å²) in [6.07, 6.45) is 1.66. The Morgan fingerprint density at radius 1 is 1.38 bits per heavy atom. The van der Waals surface area contributed by atoms with Gasteiger partial charge in [0.15, 0.2) is 0 Å². The van der Waals surface area contributed by atoms with Crippen molar-refractivity contribution >= 4 is 58.5 Å². The molecule has 0 saturated heterocycles. The molecule has 0 saturated carbocycles. The molecule has 26 heavy (non-hydrogen) atoms. The number of nitrogens with one attached hydrogen (secondary N) is 2. The minimum absolute atomic E-state index is 0.125. The lowest BCUT2D eigenvalue weighted by Gasteiger charge is -2.05. The van der Waals surface area contributed by atoms with E-state index in [0.717, 1.165) is 16.6 Å². The van der Waals surface area contributed by atoms with Crippen LogP contribution >= 0.6 is 34.7 Å². The summed E-state index contributed by atoms with van der Waals surface area (Å²) >= 11 is 8.61. The maximum Gasteiger partial charge on any atom is 0.264 e. The first kappa shape index (κ1) is 18.2. The maximum atomic E-state index is 12.0. The molecule has 0 aliphatic heterocycles. The lowest BCUT2D eigenvalue weighted by atomic mass is 10.3. The third kappa shape index (κ3) is 4.97. The van der Waals surface area contributed by atoms with E-state index < -0.39 is 0 Å². The molecular weight excluding hydrogens is 394 g/mol. The van der Waals surface area contributed by atoms with Gasteiger partial charge in [0.05, 0.1) is 12.0 Å². The highest BCUT2D eigenvalue weighted by atomic mass is 35.5. The van der Waals surface area contributed by atoms with Gasteiger partial charge in [-0.15, -0.1) is 21.5 Å². The van der Waals surface area contributed by atoms with Crippen molar-refractivity contribution < 1.29 is 4.79 Å². The number of thioether (sulfide) groups is 1. The predicted octanol–water partition coefficient (Wildman–Crippen LogP) is 2.88. The van der Waals surface area contributed by atoms with Crippen LogP contribution in [0.15, 0.2) is 52.0 Å². The summed E-state index contributed by atoms with van der Waals surface area (Å²) in [5, 5.41) is 17.5. The van der Waals surface area contributed by atoms with Crippen LogP contribution in [0.5, 0.6) is 0 Å². The van der Waals surface area contributed by atoms with Crippen LogP contribution in [0.2, 0.25) is 5.02 Å². The van der Waals surface area contributed by atoms with E-state index in [2.05, 4.69) is 26.0 Å². The number of carbonyl (C=O) groups is 1. The Balaban J connectivity index is 1.52. The molecule has 4 N–H and O–H groups in total. The second-order valence-electron chi connectivity index (χ2n) is 4.91. The summed E-state index contributed by atoms with van der Waals surface area (Å²) in [6, 6.07) is 10.8. The zero-order chi connectivity index (χ0) is 18.4. The number of amides is 1. The number of thiophene rings is 1. The van der Waals surface area contributed by atoms with E-state index in [1.807, 2.05) is 17.5 Å². The summed E-state index contributed by atoms with van der Waals surface area (Å²) in [7, 11) is 0. The number of hydrogen-bond acceptors (Lipinski definition) is 8. The van der Waals surface area contributed by atoms with Gasteiger partial charge in [-0.05, 0) is 29.6 Å². The number of benzene rings is 1. The van der Waals surface area contributed by atoms with Crippen molar-refractivity contribution in [1.29, 1.82) is 0 Å². The molecule has 8 nitrogen and oxygen atoms in total. The van der Waals surface area contributed by atoms with Gasteiger partial charge >= 0.3 is 0 Å². The number of anilines is 2. The van der Waals surface area contributed by atoms with Crippen LogP contribution < -0.4 is 16.6 Å². The van der Waals surface area contributed by atoms with Crippen LogP contribution in [-0.2, 0) is 4.79 Å². The van der Waals surface area contributed by atoms with E-state index in [0.29, 0.717) is 15.9 Å². The Morgan fingerprint density at radius 2 is 2.27 bits per heavy atom. The third-order valence-corrected chi connectivity index (χ3v) is 4.99.